The van der Waals surface area contributed by atoms with Crippen molar-refractivity contribution >= 4 is 28.2 Å². The summed E-state index contributed by atoms with van der Waals surface area (Å²) < 4.78 is 8.30. The fraction of sp³-hybridized carbons (Fsp3) is 0.130. The number of carbonyl (C=O) groups excluding carboxylic acids is 1. The molecule has 5 aromatic rings. The Bertz CT molecular complexity index is 1510. The summed E-state index contributed by atoms with van der Waals surface area (Å²) in [6.07, 6.45) is 4.76. The van der Waals surface area contributed by atoms with Gasteiger partial charge in [0.25, 0.3) is 5.91 Å². The molecule has 0 atom stereocenters. The van der Waals surface area contributed by atoms with Gasteiger partial charge < -0.3 is 20.0 Å². The second kappa shape index (κ2) is 8.62. The van der Waals surface area contributed by atoms with E-state index in [2.05, 4.69) is 38.9 Å². The van der Waals surface area contributed by atoms with Gasteiger partial charge in [-0.3, -0.25) is 9.48 Å². The molecule has 3 aromatic heterocycles. The number of amides is 1. The van der Waals surface area contributed by atoms with E-state index >= 15 is 0 Å². The summed E-state index contributed by atoms with van der Waals surface area (Å²) in [5, 5.41) is 28.1. The van der Waals surface area contributed by atoms with Crippen LogP contribution < -0.4 is 5.32 Å². The number of hydrogen-bond donors (Lipinski definition) is 1. The highest BCUT2D eigenvalue weighted by Crippen LogP contribution is 2.21. The fourth-order valence-electron chi connectivity index (χ4n) is 3.76. The molecule has 11 heteroatoms. The van der Waals surface area contributed by atoms with Crippen LogP contribution in [-0.2, 0) is 13.1 Å². The molecule has 1 N–H and O–H groups in total. The number of carbonyl (C=O) groups is 1. The minimum atomic E-state index is -0.583. The van der Waals surface area contributed by atoms with E-state index in [4.69, 9.17) is 4.52 Å². The number of aryl methyl sites for hydroxylation is 1. The second-order valence-electron chi connectivity index (χ2n) is 7.71. The summed E-state index contributed by atoms with van der Waals surface area (Å²) >= 11 is 0. The van der Waals surface area contributed by atoms with E-state index in [1.165, 1.54) is 16.9 Å². The Morgan fingerprint density at radius 2 is 1.94 bits per heavy atom. The quantitative estimate of drug-likeness (QED) is 0.290. The average Bonchev–Trinajstić information content (AvgIpc) is 3.56. The van der Waals surface area contributed by atoms with Crippen molar-refractivity contribution in [2.24, 2.45) is 0 Å². The molecule has 34 heavy (non-hydrogen) atoms. The normalized spacial score (nSPS) is 11.1. The SMILES string of the molecule is Cc1onc(C(=O)Nc2cnn(Cc3cccc4ccccc34)c2)c1Cn1ccc([N+](=O)[O-])n1. The van der Waals surface area contributed by atoms with Crippen LogP contribution in [0, 0.1) is 17.0 Å². The van der Waals surface area contributed by atoms with Crippen LogP contribution in [0.1, 0.15) is 27.4 Å². The van der Waals surface area contributed by atoms with Crippen molar-refractivity contribution in [3.05, 3.63) is 99.8 Å². The molecule has 0 aliphatic heterocycles. The predicted octanol–water partition coefficient (Wildman–Crippen LogP) is 3.79. The van der Waals surface area contributed by atoms with E-state index in [0.29, 0.717) is 23.6 Å². The Balaban J connectivity index is 1.31. The molecular weight excluding hydrogens is 438 g/mol. The lowest BCUT2D eigenvalue weighted by molar-refractivity contribution is -0.389. The van der Waals surface area contributed by atoms with E-state index < -0.39 is 10.8 Å². The molecule has 1 amide bonds. The topological polar surface area (TPSA) is 134 Å². The molecule has 2 aromatic carbocycles. The lowest BCUT2D eigenvalue weighted by atomic mass is 10.0. The van der Waals surface area contributed by atoms with Crippen LogP contribution in [0.4, 0.5) is 11.5 Å². The number of aromatic nitrogens is 5. The van der Waals surface area contributed by atoms with Gasteiger partial charge in [-0.25, -0.2) is 0 Å². The molecule has 0 fully saturated rings. The largest absolute Gasteiger partial charge is 0.389 e. The van der Waals surface area contributed by atoms with Gasteiger partial charge >= 0.3 is 5.82 Å². The Hall–Kier alpha value is -4.80. The van der Waals surface area contributed by atoms with Crippen LogP contribution in [0.5, 0.6) is 0 Å². The first-order chi connectivity index (χ1) is 16.5. The van der Waals surface area contributed by atoms with Gasteiger partial charge in [0, 0.05) is 6.20 Å². The van der Waals surface area contributed by atoms with Gasteiger partial charge in [-0.2, -0.15) is 9.78 Å². The van der Waals surface area contributed by atoms with Crippen LogP contribution in [0.15, 0.2) is 71.6 Å². The maximum atomic E-state index is 12.9. The molecule has 0 bridgehead atoms. The molecule has 0 aliphatic carbocycles. The van der Waals surface area contributed by atoms with Gasteiger partial charge in [0.15, 0.2) is 5.69 Å². The van der Waals surface area contributed by atoms with Crippen molar-refractivity contribution in [2.45, 2.75) is 20.0 Å². The van der Waals surface area contributed by atoms with Gasteiger partial charge in [0.1, 0.15) is 5.76 Å². The van der Waals surface area contributed by atoms with E-state index in [1.807, 2.05) is 24.3 Å². The van der Waals surface area contributed by atoms with Crippen molar-refractivity contribution in [3.63, 3.8) is 0 Å². The average molecular weight is 457 g/mol. The molecule has 170 valence electrons. The van der Waals surface area contributed by atoms with Gasteiger partial charge in [-0.1, -0.05) is 47.6 Å². The maximum absolute atomic E-state index is 12.9. The third-order valence-corrected chi connectivity index (χ3v) is 5.44. The molecule has 0 unspecified atom stereocenters. The zero-order chi connectivity index (χ0) is 23.7. The second-order valence-corrected chi connectivity index (χ2v) is 7.71. The number of nitro groups is 1. The number of nitrogens with one attached hydrogen (secondary N) is 1. The van der Waals surface area contributed by atoms with Crippen molar-refractivity contribution in [1.29, 1.82) is 0 Å². The van der Waals surface area contributed by atoms with E-state index in [9.17, 15) is 14.9 Å². The molecule has 0 saturated heterocycles. The number of benzene rings is 2. The summed E-state index contributed by atoms with van der Waals surface area (Å²) in [5.74, 6) is -0.327. The number of rotatable bonds is 7. The maximum Gasteiger partial charge on any atom is 0.389 e. The lowest BCUT2D eigenvalue weighted by Crippen LogP contribution is -2.15. The van der Waals surface area contributed by atoms with E-state index in [-0.39, 0.29) is 18.1 Å². The Morgan fingerprint density at radius 1 is 1.12 bits per heavy atom. The Morgan fingerprint density at radius 3 is 2.76 bits per heavy atom. The summed E-state index contributed by atoms with van der Waals surface area (Å²) in [7, 11) is 0. The summed E-state index contributed by atoms with van der Waals surface area (Å²) in [4.78, 5) is 23.2. The third-order valence-electron chi connectivity index (χ3n) is 5.44. The van der Waals surface area contributed by atoms with E-state index in [0.717, 1.165) is 16.3 Å². The summed E-state index contributed by atoms with van der Waals surface area (Å²) in [5.41, 5.74) is 2.18. The molecular formula is C23H19N7O4. The Labute approximate surface area is 192 Å². The first-order valence-electron chi connectivity index (χ1n) is 10.4. The lowest BCUT2D eigenvalue weighted by Gasteiger charge is -2.06. The molecule has 5 rings (SSSR count). The zero-order valence-corrected chi connectivity index (χ0v) is 18.1. The number of fused-ring (bicyclic) bond motifs is 1. The molecule has 3 heterocycles. The van der Waals surface area contributed by atoms with Gasteiger partial charge in [-0.05, 0) is 28.2 Å². The smallest absolute Gasteiger partial charge is 0.361 e. The van der Waals surface area contributed by atoms with E-state index in [1.54, 1.807) is 24.0 Å². The van der Waals surface area contributed by atoms with Gasteiger partial charge in [0.05, 0.1) is 47.9 Å². The molecule has 0 saturated carbocycles. The summed E-state index contributed by atoms with van der Waals surface area (Å²) in [6, 6.07) is 15.5. The molecule has 0 spiro atoms. The number of hydrogen-bond acceptors (Lipinski definition) is 7. The first kappa shape index (κ1) is 21.1. The predicted molar refractivity (Wildman–Crippen MR) is 122 cm³/mol. The number of anilines is 1. The molecule has 0 radical (unpaired) electrons. The van der Waals surface area contributed by atoms with Crippen LogP contribution in [0.2, 0.25) is 0 Å². The molecule has 0 aliphatic rings. The van der Waals surface area contributed by atoms with Crippen LogP contribution in [0.3, 0.4) is 0 Å². The van der Waals surface area contributed by atoms with Gasteiger partial charge in [-0.15, -0.1) is 0 Å². The molecule has 11 nitrogen and oxygen atoms in total. The third kappa shape index (κ3) is 4.13. The Kier molecular flexibility index (Phi) is 5.34. The highest BCUT2D eigenvalue weighted by atomic mass is 16.6. The van der Waals surface area contributed by atoms with Crippen LogP contribution in [-0.4, -0.2) is 35.5 Å². The zero-order valence-electron chi connectivity index (χ0n) is 18.1. The minimum absolute atomic E-state index is 0.0810. The highest BCUT2D eigenvalue weighted by molar-refractivity contribution is 6.03. The first-order valence-corrected chi connectivity index (χ1v) is 10.4. The van der Waals surface area contributed by atoms with Crippen LogP contribution in [0.25, 0.3) is 10.8 Å². The van der Waals surface area contributed by atoms with Crippen molar-refractivity contribution in [1.82, 2.24) is 24.7 Å². The van der Waals surface area contributed by atoms with Crippen LogP contribution >= 0.6 is 0 Å². The fourth-order valence-corrected chi connectivity index (χ4v) is 3.76. The van der Waals surface area contributed by atoms with Crippen molar-refractivity contribution < 1.29 is 14.2 Å². The number of nitrogens with zero attached hydrogens (tertiary/aromatic N) is 6. The minimum Gasteiger partial charge on any atom is -0.361 e. The standard InChI is InChI=1S/C23H19N7O4/c1-15-20(14-28-10-9-21(26-28)30(32)33)22(27-34-15)23(31)25-18-11-24-29(13-18)12-17-7-4-6-16-5-2-3-8-19(16)17/h2-11,13H,12,14H2,1H3,(H,25,31). The summed E-state index contributed by atoms with van der Waals surface area (Å²) in [6.45, 7) is 2.31. The van der Waals surface area contributed by atoms with Crippen molar-refractivity contribution in [3.8, 4) is 0 Å². The van der Waals surface area contributed by atoms with Crippen molar-refractivity contribution in [2.75, 3.05) is 5.32 Å². The van der Waals surface area contributed by atoms with Gasteiger partial charge in [0.2, 0.25) is 0 Å². The monoisotopic (exact) mass is 457 g/mol. The highest BCUT2D eigenvalue weighted by Gasteiger charge is 2.23.